The van der Waals surface area contributed by atoms with Crippen LogP contribution in [0.2, 0.25) is 0 Å². The van der Waals surface area contributed by atoms with Gasteiger partial charge in [0, 0.05) is 25.6 Å². The van der Waals surface area contributed by atoms with Gasteiger partial charge in [-0.15, -0.1) is 0 Å². The zero-order chi connectivity index (χ0) is 16.2. The predicted molar refractivity (Wildman–Crippen MR) is 88.5 cm³/mol. The van der Waals surface area contributed by atoms with E-state index in [4.69, 9.17) is 0 Å². The van der Waals surface area contributed by atoms with Crippen molar-refractivity contribution in [3.8, 4) is 0 Å². The number of nitrogens with zero attached hydrogens (tertiary/aromatic N) is 2. The highest BCUT2D eigenvalue weighted by molar-refractivity contribution is 5.92. The largest absolute Gasteiger partial charge is 0.350 e. The molecule has 118 valence electrons. The number of amides is 1. The van der Waals surface area contributed by atoms with Crippen molar-refractivity contribution in [2.24, 2.45) is 0 Å². The van der Waals surface area contributed by atoms with Gasteiger partial charge in [0.2, 0.25) is 5.56 Å². The smallest absolute Gasteiger partial charge is 0.267 e. The van der Waals surface area contributed by atoms with Crippen LogP contribution in [0, 0.1) is 0 Å². The summed E-state index contributed by atoms with van der Waals surface area (Å²) < 4.78 is 2.14. The van der Waals surface area contributed by atoms with Crippen LogP contribution in [-0.4, -0.2) is 27.0 Å². The van der Waals surface area contributed by atoms with Crippen molar-refractivity contribution in [1.29, 1.82) is 0 Å². The number of rotatable bonds is 5. The zero-order valence-electron chi connectivity index (χ0n) is 12.9. The summed E-state index contributed by atoms with van der Waals surface area (Å²) in [5, 5.41) is 2.81. The summed E-state index contributed by atoms with van der Waals surface area (Å²) in [6.07, 6.45) is 0.630. The van der Waals surface area contributed by atoms with Crippen molar-refractivity contribution in [2.45, 2.75) is 19.9 Å². The normalized spacial score (nSPS) is 10.8. The van der Waals surface area contributed by atoms with E-state index in [0.717, 1.165) is 23.4 Å². The second-order valence-electron chi connectivity index (χ2n) is 5.20. The molecule has 3 aromatic rings. The van der Waals surface area contributed by atoms with Crippen LogP contribution in [-0.2, 0) is 13.0 Å². The molecule has 3 rings (SSSR count). The van der Waals surface area contributed by atoms with Crippen molar-refractivity contribution >= 4 is 16.9 Å². The van der Waals surface area contributed by atoms with Gasteiger partial charge in [-0.25, -0.2) is 4.98 Å². The van der Waals surface area contributed by atoms with Crippen LogP contribution >= 0.6 is 0 Å². The Morgan fingerprint density at radius 3 is 2.83 bits per heavy atom. The van der Waals surface area contributed by atoms with Gasteiger partial charge in [0.25, 0.3) is 5.91 Å². The summed E-state index contributed by atoms with van der Waals surface area (Å²) >= 11 is 0. The molecule has 6 heteroatoms. The van der Waals surface area contributed by atoms with E-state index in [1.54, 1.807) is 12.1 Å². The highest BCUT2D eigenvalue weighted by Gasteiger charge is 2.10. The average Bonchev–Trinajstić information content (AvgIpc) is 2.92. The number of aryl methyl sites for hydroxylation is 1. The molecule has 0 saturated heterocycles. The van der Waals surface area contributed by atoms with E-state index in [2.05, 4.69) is 26.8 Å². The standard InChI is InChI=1S/C17H18N4O2/c1-2-21-14-8-4-3-6-12(14)19-15(21)10-11-18-17(23)13-7-5-9-16(22)20-13/h3-9H,2,10-11H2,1H3,(H,18,23)(H,20,22). The number of H-pyrrole nitrogens is 1. The maximum Gasteiger partial charge on any atom is 0.267 e. The van der Waals surface area contributed by atoms with Crippen LogP contribution in [0.4, 0.5) is 0 Å². The molecule has 0 radical (unpaired) electrons. The Bertz CT molecular complexity index is 895. The summed E-state index contributed by atoms with van der Waals surface area (Å²) in [5.41, 5.74) is 2.04. The van der Waals surface area contributed by atoms with Crippen molar-refractivity contribution in [3.63, 3.8) is 0 Å². The maximum absolute atomic E-state index is 12.0. The van der Waals surface area contributed by atoms with E-state index in [1.807, 2.05) is 24.3 Å². The van der Waals surface area contributed by atoms with Gasteiger partial charge < -0.3 is 14.9 Å². The molecule has 0 fully saturated rings. The first kappa shape index (κ1) is 15.0. The van der Waals surface area contributed by atoms with E-state index >= 15 is 0 Å². The molecule has 0 spiro atoms. The molecule has 0 saturated carbocycles. The predicted octanol–water partition coefficient (Wildman–Crippen LogP) is 1.72. The minimum atomic E-state index is -0.290. The second-order valence-corrected chi connectivity index (χ2v) is 5.20. The fraction of sp³-hybridized carbons (Fsp3) is 0.235. The molecule has 2 aromatic heterocycles. The zero-order valence-corrected chi connectivity index (χ0v) is 12.9. The number of imidazole rings is 1. The van der Waals surface area contributed by atoms with E-state index in [9.17, 15) is 9.59 Å². The van der Waals surface area contributed by atoms with Crippen molar-refractivity contribution in [3.05, 3.63) is 64.3 Å². The summed E-state index contributed by atoms with van der Waals surface area (Å²) in [7, 11) is 0. The maximum atomic E-state index is 12.0. The molecule has 6 nitrogen and oxygen atoms in total. The van der Waals surface area contributed by atoms with Gasteiger partial charge in [0.05, 0.1) is 11.0 Å². The van der Waals surface area contributed by atoms with E-state index in [-0.39, 0.29) is 17.2 Å². The Kier molecular flexibility index (Phi) is 4.23. The first-order valence-electron chi connectivity index (χ1n) is 7.60. The molecule has 1 amide bonds. The van der Waals surface area contributed by atoms with E-state index in [0.29, 0.717) is 13.0 Å². The van der Waals surface area contributed by atoms with Gasteiger partial charge in [-0.05, 0) is 25.1 Å². The lowest BCUT2D eigenvalue weighted by Gasteiger charge is -2.07. The van der Waals surface area contributed by atoms with Gasteiger partial charge in [-0.3, -0.25) is 9.59 Å². The van der Waals surface area contributed by atoms with Gasteiger partial charge in [-0.2, -0.15) is 0 Å². The lowest BCUT2D eigenvalue weighted by molar-refractivity contribution is 0.0948. The third-order valence-corrected chi connectivity index (χ3v) is 3.70. The number of benzene rings is 1. The number of pyridine rings is 1. The molecule has 0 aliphatic carbocycles. The molecule has 0 bridgehead atoms. The van der Waals surface area contributed by atoms with Crippen LogP contribution in [0.5, 0.6) is 0 Å². The molecule has 0 atom stereocenters. The molecule has 23 heavy (non-hydrogen) atoms. The Labute approximate surface area is 133 Å². The Morgan fingerprint density at radius 2 is 2.04 bits per heavy atom. The number of hydrogen-bond donors (Lipinski definition) is 2. The lowest BCUT2D eigenvalue weighted by Crippen LogP contribution is -2.28. The van der Waals surface area contributed by atoms with Gasteiger partial charge >= 0.3 is 0 Å². The second kappa shape index (κ2) is 6.48. The number of hydrogen-bond acceptors (Lipinski definition) is 3. The van der Waals surface area contributed by atoms with Gasteiger partial charge in [0.1, 0.15) is 11.5 Å². The number of aromatic amines is 1. The Hall–Kier alpha value is -2.89. The third kappa shape index (κ3) is 3.15. The fourth-order valence-corrected chi connectivity index (χ4v) is 2.63. The van der Waals surface area contributed by atoms with Crippen LogP contribution in [0.1, 0.15) is 23.2 Å². The van der Waals surface area contributed by atoms with Crippen LogP contribution < -0.4 is 10.9 Å². The van der Waals surface area contributed by atoms with Crippen molar-refractivity contribution < 1.29 is 4.79 Å². The van der Waals surface area contributed by atoms with Crippen LogP contribution in [0.3, 0.4) is 0 Å². The molecule has 0 aliphatic heterocycles. The average molecular weight is 310 g/mol. The Morgan fingerprint density at radius 1 is 1.22 bits per heavy atom. The van der Waals surface area contributed by atoms with Crippen molar-refractivity contribution in [1.82, 2.24) is 19.9 Å². The number of fused-ring (bicyclic) bond motifs is 1. The van der Waals surface area contributed by atoms with Crippen molar-refractivity contribution in [2.75, 3.05) is 6.54 Å². The summed E-state index contributed by atoms with van der Waals surface area (Å²) in [6, 6.07) is 12.5. The SMILES string of the molecule is CCn1c(CCNC(=O)c2cccc(=O)[nH]2)nc2ccccc21. The summed E-state index contributed by atoms with van der Waals surface area (Å²) in [4.78, 5) is 30.4. The summed E-state index contributed by atoms with van der Waals surface area (Å²) in [6.45, 7) is 3.36. The molecular weight excluding hydrogens is 292 g/mol. The van der Waals surface area contributed by atoms with Gasteiger partial charge in [-0.1, -0.05) is 18.2 Å². The number of aromatic nitrogens is 3. The highest BCUT2D eigenvalue weighted by atomic mass is 16.2. The number of para-hydroxylation sites is 2. The topological polar surface area (TPSA) is 79.8 Å². The first-order chi connectivity index (χ1) is 11.2. The molecule has 2 N–H and O–H groups in total. The number of carbonyl (C=O) groups is 1. The minimum Gasteiger partial charge on any atom is -0.350 e. The van der Waals surface area contributed by atoms with E-state index in [1.165, 1.54) is 6.07 Å². The van der Waals surface area contributed by atoms with Gasteiger partial charge in [0.15, 0.2) is 0 Å². The first-order valence-corrected chi connectivity index (χ1v) is 7.60. The van der Waals surface area contributed by atoms with Crippen LogP contribution in [0.15, 0.2) is 47.3 Å². The van der Waals surface area contributed by atoms with E-state index < -0.39 is 0 Å². The number of nitrogens with one attached hydrogen (secondary N) is 2. The monoisotopic (exact) mass is 310 g/mol. The molecule has 0 aliphatic rings. The molecule has 1 aromatic carbocycles. The minimum absolute atomic E-state index is 0.265. The number of carbonyl (C=O) groups excluding carboxylic acids is 1. The summed E-state index contributed by atoms with van der Waals surface area (Å²) in [5.74, 6) is 0.650. The Balaban J connectivity index is 1.69. The highest BCUT2D eigenvalue weighted by Crippen LogP contribution is 2.15. The molecule has 2 heterocycles. The molecule has 0 unspecified atom stereocenters. The molecular formula is C17H18N4O2. The quantitative estimate of drug-likeness (QED) is 0.753. The lowest BCUT2D eigenvalue weighted by atomic mass is 10.3. The third-order valence-electron chi connectivity index (χ3n) is 3.70. The van der Waals surface area contributed by atoms with Crippen LogP contribution in [0.25, 0.3) is 11.0 Å². The fourth-order valence-electron chi connectivity index (χ4n) is 2.63.